The maximum absolute atomic E-state index is 13.8. The third-order valence-electron chi connectivity index (χ3n) is 7.63. The summed E-state index contributed by atoms with van der Waals surface area (Å²) in [6.45, 7) is 3.94. The number of carbonyl (C=O) groups excluding carboxylic acids is 2. The molecule has 1 unspecified atom stereocenters. The molecule has 0 saturated heterocycles. The molecule has 4 aromatic rings. The van der Waals surface area contributed by atoms with E-state index in [4.69, 9.17) is 4.42 Å². The first-order valence-corrected chi connectivity index (χ1v) is 16.5. The number of aliphatic hydroxyl groups is 1. The van der Waals surface area contributed by atoms with E-state index < -0.39 is 40.0 Å². The van der Waals surface area contributed by atoms with Crippen LogP contribution >= 0.6 is 0 Å². The van der Waals surface area contributed by atoms with Crippen molar-refractivity contribution in [2.45, 2.75) is 44.5 Å². The van der Waals surface area contributed by atoms with Gasteiger partial charge in [-0.3, -0.25) is 13.9 Å². The molecule has 0 aliphatic rings. The first-order chi connectivity index (χ1) is 21.4. The van der Waals surface area contributed by atoms with Gasteiger partial charge in [0.2, 0.25) is 10.0 Å². The lowest BCUT2D eigenvalue weighted by atomic mass is 9.99. The average molecular weight is 633 g/mol. The van der Waals surface area contributed by atoms with Crippen LogP contribution in [0.2, 0.25) is 0 Å². The van der Waals surface area contributed by atoms with E-state index in [0.717, 1.165) is 21.7 Å². The molecule has 0 bridgehead atoms. The average Bonchev–Trinajstić information content (AvgIpc) is 3.58. The van der Waals surface area contributed by atoms with Crippen molar-refractivity contribution in [3.63, 3.8) is 0 Å². The first-order valence-electron chi connectivity index (χ1n) is 14.7. The minimum atomic E-state index is -3.71. The molecule has 0 aliphatic carbocycles. The molecular weight excluding hydrogens is 592 g/mol. The van der Waals surface area contributed by atoms with E-state index in [0.29, 0.717) is 12.2 Å². The Bertz CT molecular complexity index is 1660. The van der Waals surface area contributed by atoms with Gasteiger partial charge in [0, 0.05) is 30.8 Å². The van der Waals surface area contributed by atoms with Crippen LogP contribution in [0.3, 0.4) is 0 Å². The predicted octanol–water partition coefficient (Wildman–Crippen LogP) is 4.22. The summed E-state index contributed by atoms with van der Waals surface area (Å²) in [5.74, 6) is -0.543. The summed E-state index contributed by atoms with van der Waals surface area (Å²) in [5, 5.41) is 20.4. The second-order valence-electron chi connectivity index (χ2n) is 11.1. The Morgan fingerprint density at radius 2 is 1.44 bits per heavy atom. The lowest BCUT2D eigenvalue weighted by Gasteiger charge is -2.27. The van der Waals surface area contributed by atoms with Gasteiger partial charge in [0.15, 0.2) is 0 Å². The van der Waals surface area contributed by atoms with Crippen LogP contribution in [-0.4, -0.2) is 57.3 Å². The zero-order chi connectivity index (χ0) is 32.6. The standard InChI is InChI=1S/C34H40N4O6S/c1-23(26-14-9-6-10-15-26)35-22-31(39)30(18-25-12-7-5-8-13-25)37-34(41)28-19-27(20-29(21-28)38(3)45(4,42)43)33(40)36-24(2)32-16-11-17-44-32/h5-17,19-21,23-24,30-31,35,39H,18,22H2,1-4H3,(H,36,40)(H,37,41)/t23-,24?,30-,31+/m0/s1. The molecular formula is C34H40N4O6S. The smallest absolute Gasteiger partial charge is 0.251 e. The van der Waals surface area contributed by atoms with Crippen LogP contribution in [0.25, 0.3) is 0 Å². The maximum atomic E-state index is 13.8. The first kappa shape index (κ1) is 33.4. The molecule has 4 atom stereocenters. The van der Waals surface area contributed by atoms with E-state index in [-0.39, 0.29) is 29.4 Å². The number of hydrogen-bond acceptors (Lipinski definition) is 7. The zero-order valence-corrected chi connectivity index (χ0v) is 26.6. The molecule has 4 rings (SSSR count). The van der Waals surface area contributed by atoms with E-state index in [1.165, 1.54) is 31.5 Å². The SMILES string of the molecule is CC(NC(=O)c1cc(C(=O)N[C@@H](Cc2ccccc2)[C@H](O)CN[C@@H](C)c2ccccc2)cc(N(C)S(C)(=O)=O)c1)c1ccco1. The van der Waals surface area contributed by atoms with Gasteiger partial charge in [-0.05, 0) is 61.7 Å². The van der Waals surface area contributed by atoms with Crippen LogP contribution in [0.15, 0.2) is 102 Å². The van der Waals surface area contributed by atoms with Crippen LogP contribution in [0, 0.1) is 0 Å². The topological polar surface area (TPSA) is 141 Å². The molecule has 1 heterocycles. The van der Waals surface area contributed by atoms with Crippen LogP contribution in [0.4, 0.5) is 5.69 Å². The Labute approximate surface area is 264 Å². The summed E-state index contributed by atoms with van der Waals surface area (Å²) in [6, 6.07) is 25.7. The Hall–Kier alpha value is -4.45. The number of sulfonamides is 1. The fourth-order valence-electron chi connectivity index (χ4n) is 4.84. The highest BCUT2D eigenvalue weighted by Crippen LogP contribution is 2.23. The lowest BCUT2D eigenvalue weighted by molar-refractivity contribution is 0.0825. The van der Waals surface area contributed by atoms with Gasteiger partial charge < -0.3 is 25.5 Å². The van der Waals surface area contributed by atoms with Crippen molar-refractivity contribution < 1.29 is 27.5 Å². The predicted molar refractivity (Wildman–Crippen MR) is 175 cm³/mol. The third-order valence-corrected chi connectivity index (χ3v) is 8.84. The summed E-state index contributed by atoms with van der Waals surface area (Å²) in [4.78, 5) is 27.0. The van der Waals surface area contributed by atoms with Gasteiger partial charge in [-0.2, -0.15) is 0 Å². The summed E-state index contributed by atoms with van der Waals surface area (Å²) < 4.78 is 31.2. The van der Waals surface area contributed by atoms with Gasteiger partial charge in [0.25, 0.3) is 11.8 Å². The van der Waals surface area contributed by atoms with E-state index in [2.05, 4.69) is 16.0 Å². The highest BCUT2D eigenvalue weighted by atomic mass is 32.2. The summed E-state index contributed by atoms with van der Waals surface area (Å²) in [5.41, 5.74) is 2.27. The molecule has 0 spiro atoms. The molecule has 10 nitrogen and oxygen atoms in total. The molecule has 2 amide bonds. The van der Waals surface area contributed by atoms with Crippen molar-refractivity contribution >= 4 is 27.5 Å². The summed E-state index contributed by atoms with van der Waals surface area (Å²) >= 11 is 0. The van der Waals surface area contributed by atoms with Gasteiger partial charge >= 0.3 is 0 Å². The van der Waals surface area contributed by atoms with E-state index in [9.17, 15) is 23.1 Å². The fraction of sp³-hybridized carbons (Fsp3) is 0.294. The minimum absolute atomic E-state index is 0.0400. The van der Waals surface area contributed by atoms with Gasteiger partial charge in [-0.1, -0.05) is 60.7 Å². The molecule has 4 N–H and O–H groups in total. The quantitative estimate of drug-likeness (QED) is 0.163. The number of furan rings is 1. The van der Waals surface area contributed by atoms with Crippen molar-refractivity contribution in [1.82, 2.24) is 16.0 Å². The molecule has 0 fully saturated rings. The Morgan fingerprint density at radius 3 is 2.02 bits per heavy atom. The van der Waals surface area contributed by atoms with E-state index in [1.54, 1.807) is 19.1 Å². The minimum Gasteiger partial charge on any atom is -0.467 e. The van der Waals surface area contributed by atoms with Crippen LogP contribution < -0.4 is 20.3 Å². The number of benzene rings is 3. The number of carbonyl (C=O) groups is 2. The number of hydrogen-bond donors (Lipinski definition) is 4. The van der Waals surface area contributed by atoms with Crippen molar-refractivity contribution in [3.8, 4) is 0 Å². The monoisotopic (exact) mass is 632 g/mol. The van der Waals surface area contributed by atoms with Crippen molar-refractivity contribution in [1.29, 1.82) is 0 Å². The normalized spacial score (nSPS) is 14.2. The van der Waals surface area contributed by atoms with Gasteiger partial charge in [0.1, 0.15) is 5.76 Å². The number of rotatable bonds is 14. The second kappa shape index (κ2) is 15.0. The van der Waals surface area contributed by atoms with Gasteiger partial charge in [-0.25, -0.2) is 8.42 Å². The van der Waals surface area contributed by atoms with Crippen molar-refractivity contribution in [3.05, 3.63) is 125 Å². The Morgan fingerprint density at radius 1 is 0.844 bits per heavy atom. The molecule has 1 aromatic heterocycles. The number of nitrogens with zero attached hydrogens (tertiary/aromatic N) is 1. The molecule has 0 saturated carbocycles. The lowest BCUT2D eigenvalue weighted by Crippen LogP contribution is -2.49. The summed E-state index contributed by atoms with van der Waals surface area (Å²) in [6.07, 6.45) is 1.90. The zero-order valence-electron chi connectivity index (χ0n) is 25.8. The molecule has 45 heavy (non-hydrogen) atoms. The second-order valence-corrected chi connectivity index (χ2v) is 13.1. The van der Waals surface area contributed by atoms with E-state index in [1.807, 2.05) is 67.6 Å². The number of amides is 2. The van der Waals surface area contributed by atoms with Gasteiger partial charge in [0.05, 0.1) is 36.4 Å². The third kappa shape index (κ3) is 9.27. The van der Waals surface area contributed by atoms with Crippen LogP contribution in [0.1, 0.15) is 63.5 Å². The summed E-state index contributed by atoms with van der Waals surface area (Å²) in [7, 11) is -2.36. The molecule has 0 radical (unpaired) electrons. The Balaban J connectivity index is 1.59. The molecule has 3 aromatic carbocycles. The number of anilines is 1. The number of aliphatic hydroxyl groups excluding tert-OH is 1. The highest BCUT2D eigenvalue weighted by Gasteiger charge is 2.25. The molecule has 11 heteroatoms. The fourth-order valence-corrected chi connectivity index (χ4v) is 5.33. The number of nitrogens with one attached hydrogen (secondary N) is 3. The van der Waals surface area contributed by atoms with Crippen molar-refractivity contribution in [2.75, 3.05) is 24.2 Å². The van der Waals surface area contributed by atoms with Crippen LogP contribution in [0.5, 0.6) is 0 Å². The van der Waals surface area contributed by atoms with Gasteiger partial charge in [-0.15, -0.1) is 0 Å². The molecule has 0 aliphatic heterocycles. The maximum Gasteiger partial charge on any atom is 0.251 e. The highest BCUT2D eigenvalue weighted by molar-refractivity contribution is 7.92. The molecule has 238 valence electrons. The Kier molecular flexibility index (Phi) is 11.2. The largest absolute Gasteiger partial charge is 0.467 e. The van der Waals surface area contributed by atoms with E-state index >= 15 is 0 Å². The van der Waals surface area contributed by atoms with Crippen molar-refractivity contribution in [2.24, 2.45) is 0 Å². The van der Waals surface area contributed by atoms with Crippen LogP contribution in [-0.2, 0) is 16.4 Å².